The highest BCUT2D eigenvalue weighted by Crippen LogP contribution is 2.24. The van der Waals surface area contributed by atoms with Gasteiger partial charge in [0.25, 0.3) is 0 Å². The van der Waals surface area contributed by atoms with Gasteiger partial charge < -0.3 is 9.73 Å². The van der Waals surface area contributed by atoms with Crippen LogP contribution in [0.1, 0.15) is 56.8 Å². The van der Waals surface area contributed by atoms with Crippen molar-refractivity contribution in [2.24, 2.45) is 0 Å². The number of nitrogens with one attached hydrogen (secondary N) is 1. The Morgan fingerprint density at radius 1 is 1.04 bits per heavy atom. The zero-order valence-corrected chi connectivity index (χ0v) is 17.4. The van der Waals surface area contributed by atoms with Crippen LogP contribution in [-0.4, -0.2) is 48.1 Å². The molecular weight excluding hydrogens is 346 g/mol. The molecule has 2 aliphatic heterocycles. The molecule has 1 N–H and O–H groups in total. The van der Waals surface area contributed by atoms with Crippen molar-refractivity contribution < 1.29 is 4.42 Å². The molecule has 2 aliphatic rings. The van der Waals surface area contributed by atoms with Gasteiger partial charge in [-0.05, 0) is 68.0 Å². The summed E-state index contributed by atoms with van der Waals surface area (Å²) in [7, 11) is 0. The largest absolute Gasteiger partial charge is 0.468 e. The van der Waals surface area contributed by atoms with Crippen LogP contribution >= 0.6 is 0 Å². The van der Waals surface area contributed by atoms with E-state index >= 15 is 0 Å². The zero-order chi connectivity index (χ0) is 19.3. The fourth-order valence-electron chi connectivity index (χ4n) is 4.72. The number of likely N-dealkylation sites (tertiary alicyclic amines) is 2. The molecule has 28 heavy (non-hydrogen) atoms. The number of piperidine rings is 2. The van der Waals surface area contributed by atoms with Gasteiger partial charge in [0, 0.05) is 37.4 Å². The Bertz CT molecular complexity index is 702. The van der Waals surface area contributed by atoms with E-state index in [1.165, 1.54) is 63.1 Å². The quantitative estimate of drug-likeness (QED) is 0.768. The van der Waals surface area contributed by atoms with Gasteiger partial charge in [0.15, 0.2) is 0 Å². The van der Waals surface area contributed by atoms with E-state index in [-0.39, 0.29) is 0 Å². The van der Waals surface area contributed by atoms with Gasteiger partial charge >= 0.3 is 0 Å². The van der Waals surface area contributed by atoms with Crippen LogP contribution in [-0.2, 0) is 6.54 Å². The highest BCUT2D eigenvalue weighted by atomic mass is 16.3. The standard InChI is InChI=1S/C24H35N3O/c1-19(2)20-7-9-21(10-8-20)25-22-5-3-13-27(17-22)23-11-14-26(15-12-23)18-24-6-4-16-28-24/h4,6-10,16,19,22-23,25H,3,5,11-15,17-18H2,1-2H3/t22-/m0/s1. The van der Waals surface area contributed by atoms with Crippen molar-refractivity contribution in [2.45, 2.75) is 64.1 Å². The molecule has 2 aromatic rings. The summed E-state index contributed by atoms with van der Waals surface area (Å²) in [6.07, 6.45) is 6.90. The summed E-state index contributed by atoms with van der Waals surface area (Å²) >= 11 is 0. The van der Waals surface area contributed by atoms with Crippen molar-refractivity contribution in [1.82, 2.24) is 9.80 Å². The van der Waals surface area contributed by atoms with Crippen molar-refractivity contribution in [1.29, 1.82) is 0 Å². The summed E-state index contributed by atoms with van der Waals surface area (Å²) in [6.45, 7) is 10.2. The lowest BCUT2D eigenvalue weighted by Gasteiger charge is -2.42. The number of anilines is 1. The summed E-state index contributed by atoms with van der Waals surface area (Å²) in [5, 5.41) is 3.79. The van der Waals surface area contributed by atoms with E-state index in [2.05, 4.69) is 59.3 Å². The number of hydrogen-bond donors (Lipinski definition) is 1. The molecule has 0 radical (unpaired) electrons. The van der Waals surface area contributed by atoms with E-state index in [9.17, 15) is 0 Å². The van der Waals surface area contributed by atoms with Crippen LogP contribution in [0.25, 0.3) is 0 Å². The van der Waals surface area contributed by atoms with Crippen LogP contribution in [0, 0.1) is 0 Å². The Kier molecular flexibility index (Phi) is 6.38. The lowest BCUT2D eigenvalue weighted by Crippen LogP contribution is -2.50. The van der Waals surface area contributed by atoms with Crippen molar-refractivity contribution >= 4 is 5.69 Å². The van der Waals surface area contributed by atoms with Gasteiger partial charge in [0.05, 0.1) is 12.8 Å². The number of furan rings is 1. The van der Waals surface area contributed by atoms with Crippen LogP contribution in [0.4, 0.5) is 5.69 Å². The maximum Gasteiger partial charge on any atom is 0.117 e. The van der Waals surface area contributed by atoms with Gasteiger partial charge in [-0.1, -0.05) is 26.0 Å². The summed E-state index contributed by atoms with van der Waals surface area (Å²) < 4.78 is 5.51. The Morgan fingerprint density at radius 3 is 2.50 bits per heavy atom. The number of rotatable bonds is 6. The minimum Gasteiger partial charge on any atom is -0.468 e. The van der Waals surface area contributed by atoms with Crippen LogP contribution in [0.3, 0.4) is 0 Å². The number of hydrogen-bond acceptors (Lipinski definition) is 4. The third-order valence-corrected chi connectivity index (χ3v) is 6.43. The first kappa shape index (κ1) is 19.5. The molecule has 2 fully saturated rings. The molecule has 1 aromatic heterocycles. The summed E-state index contributed by atoms with van der Waals surface area (Å²) in [5.74, 6) is 1.68. The molecule has 3 heterocycles. The number of benzene rings is 1. The highest BCUT2D eigenvalue weighted by Gasteiger charge is 2.29. The Labute approximate surface area is 169 Å². The van der Waals surface area contributed by atoms with Crippen LogP contribution in [0.2, 0.25) is 0 Å². The molecule has 1 atom stereocenters. The van der Waals surface area contributed by atoms with E-state index in [0.717, 1.165) is 18.3 Å². The molecule has 0 amide bonds. The molecule has 4 heteroatoms. The van der Waals surface area contributed by atoms with Crippen molar-refractivity contribution in [3.8, 4) is 0 Å². The minimum atomic E-state index is 0.569. The molecule has 0 saturated carbocycles. The van der Waals surface area contributed by atoms with E-state index in [1.807, 2.05) is 6.07 Å². The highest BCUT2D eigenvalue weighted by molar-refractivity contribution is 5.46. The summed E-state index contributed by atoms with van der Waals surface area (Å²) in [6, 6.07) is 14.4. The first-order chi connectivity index (χ1) is 13.7. The van der Waals surface area contributed by atoms with Crippen LogP contribution in [0.5, 0.6) is 0 Å². The van der Waals surface area contributed by atoms with Gasteiger partial charge in [-0.3, -0.25) is 9.80 Å². The van der Waals surface area contributed by atoms with Gasteiger partial charge in [-0.2, -0.15) is 0 Å². The maximum absolute atomic E-state index is 5.51. The monoisotopic (exact) mass is 381 g/mol. The average molecular weight is 382 g/mol. The van der Waals surface area contributed by atoms with E-state index in [4.69, 9.17) is 4.42 Å². The molecule has 1 aromatic carbocycles. The molecular formula is C24H35N3O. The molecule has 0 spiro atoms. The second-order valence-electron chi connectivity index (χ2n) is 8.84. The minimum absolute atomic E-state index is 0.569. The lowest BCUT2D eigenvalue weighted by molar-refractivity contribution is 0.0828. The Hall–Kier alpha value is -1.78. The summed E-state index contributed by atoms with van der Waals surface area (Å²) in [5.41, 5.74) is 2.68. The average Bonchev–Trinajstić information content (AvgIpc) is 3.22. The SMILES string of the molecule is CC(C)c1ccc(N[C@H]2CCCN(C3CCN(Cc4ccco4)CC3)C2)cc1. The third kappa shape index (κ3) is 4.98. The molecule has 0 aliphatic carbocycles. The first-order valence-corrected chi connectivity index (χ1v) is 11.0. The Morgan fingerprint density at radius 2 is 1.82 bits per heavy atom. The maximum atomic E-state index is 5.51. The van der Waals surface area contributed by atoms with E-state index in [1.54, 1.807) is 6.26 Å². The van der Waals surface area contributed by atoms with Gasteiger partial charge in [-0.15, -0.1) is 0 Å². The molecule has 0 unspecified atom stereocenters. The van der Waals surface area contributed by atoms with Crippen LogP contribution in [0.15, 0.2) is 47.1 Å². The fraction of sp³-hybridized carbons (Fsp3) is 0.583. The molecule has 0 bridgehead atoms. The van der Waals surface area contributed by atoms with Gasteiger partial charge in [0.2, 0.25) is 0 Å². The molecule has 4 nitrogen and oxygen atoms in total. The number of nitrogens with zero attached hydrogens (tertiary/aromatic N) is 2. The van der Waals surface area contributed by atoms with Gasteiger partial charge in [0.1, 0.15) is 5.76 Å². The second kappa shape index (κ2) is 9.15. The second-order valence-corrected chi connectivity index (χ2v) is 8.84. The predicted octanol–water partition coefficient (Wildman–Crippen LogP) is 4.94. The van der Waals surface area contributed by atoms with Crippen molar-refractivity contribution in [2.75, 3.05) is 31.5 Å². The molecule has 152 valence electrons. The smallest absolute Gasteiger partial charge is 0.117 e. The lowest BCUT2D eigenvalue weighted by atomic mass is 9.97. The van der Waals surface area contributed by atoms with Crippen molar-refractivity contribution in [3.05, 3.63) is 54.0 Å². The topological polar surface area (TPSA) is 31.6 Å². The third-order valence-electron chi connectivity index (χ3n) is 6.43. The summed E-state index contributed by atoms with van der Waals surface area (Å²) in [4.78, 5) is 5.28. The molecule has 4 rings (SSSR count). The zero-order valence-electron chi connectivity index (χ0n) is 17.4. The first-order valence-electron chi connectivity index (χ1n) is 11.0. The Balaban J connectivity index is 1.26. The molecule has 2 saturated heterocycles. The predicted molar refractivity (Wildman–Crippen MR) is 116 cm³/mol. The van der Waals surface area contributed by atoms with Crippen molar-refractivity contribution in [3.63, 3.8) is 0 Å². The van der Waals surface area contributed by atoms with E-state index < -0.39 is 0 Å². The van der Waals surface area contributed by atoms with E-state index in [0.29, 0.717) is 12.0 Å². The fourth-order valence-corrected chi connectivity index (χ4v) is 4.72. The van der Waals surface area contributed by atoms with Gasteiger partial charge in [-0.25, -0.2) is 0 Å². The van der Waals surface area contributed by atoms with Crippen LogP contribution < -0.4 is 5.32 Å². The normalized spacial score (nSPS) is 22.6.